The van der Waals surface area contributed by atoms with Crippen LogP contribution >= 0.6 is 0 Å². The lowest BCUT2D eigenvalue weighted by Crippen LogP contribution is -2.46. The van der Waals surface area contributed by atoms with Gasteiger partial charge in [0.2, 0.25) is 0 Å². The summed E-state index contributed by atoms with van der Waals surface area (Å²) >= 11 is 0. The highest BCUT2D eigenvalue weighted by molar-refractivity contribution is 5.77. The first-order valence-electron chi connectivity index (χ1n) is 8.71. The summed E-state index contributed by atoms with van der Waals surface area (Å²) in [5, 5.41) is 9.11. The van der Waals surface area contributed by atoms with Crippen LogP contribution in [0.1, 0.15) is 52.5 Å². The predicted octanol–water partition coefficient (Wildman–Crippen LogP) is 3.63. The van der Waals surface area contributed by atoms with E-state index in [9.17, 15) is 4.79 Å². The van der Waals surface area contributed by atoms with Crippen LogP contribution in [0.3, 0.4) is 0 Å². The van der Waals surface area contributed by atoms with Crippen molar-refractivity contribution in [3.63, 3.8) is 0 Å². The van der Waals surface area contributed by atoms with Crippen LogP contribution in [0.5, 0.6) is 11.5 Å². The Bertz CT molecular complexity index is 528. The SMILES string of the molecule is CCOc1cccc(CCCC(C)CC(C)(N)C(=O)O)c1OCC. The molecular formula is C19H31NO4. The van der Waals surface area contributed by atoms with Gasteiger partial charge in [-0.1, -0.05) is 25.5 Å². The minimum absolute atomic E-state index is 0.252. The van der Waals surface area contributed by atoms with Gasteiger partial charge in [0.25, 0.3) is 0 Å². The van der Waals surface area contributed by atoms with Crippen molar-refractivity contribution in [1.29, 1.82) is 0 Å². The highest BCUT2D eigenvalue weighted by atomic mass is 16.5. The molecule has 5 nitrogen and oxygen atoms in total. The van der Waals surface area contributed by atoms with E-state index in [2.05, 4.69) is 6.07 Å². The Labute approximate surface area is 145 Å². The number of nitrogens with two attached hydrogens (primary N) is 1. The maximum Gasteiger partial charge on any atom is 0.323 e. The van der Waals surface area contributed by atoms with Crippen molar-refractivity contribution < 1.29 is 19.4 Å². The molecule has 1 aromatic rings. The zero-order chi connectivity index (χ0) is 18.2. The van der Waals surface area contributed by atoms with E-state index in [0.29, 0.717) is 19.6 Å². The number of benzene rings is 1. The third-order valence-corrected chi connectivity index (χ3v) is 4.05. The molecule has 0 aromatic heterocycles. The van der Waals surface area contributed by atoms with E-state index in [1.54, 1.807) is 6.92 Å². The maximum atomic E-state index is 11.1. The van der Waals surface area contributed by atoms with E-state index < -0.39 is 11.5 Å². The minimum atomic E-state index is -1.16. The molecule has 0 aliphatic rings. The van der Waals surface area contributed by atoms with E-state index in [1.807, 2.05) is 32.9 Å². The Morgan fingerprint density at radius 1 is 1.29 bits per heavy atom. The molecule has 0 saturated carbocycles. The normalized spacial score (nSPS) is 14.7. The van der Waals surface area contributed by atoms with E-state index in [0.717, 1.165) is 36.3 Å². The molecule has 0 bridgehead atoms. The average molecular weight is 337 g/mol. The van der Waals surface area contributed by atoms with Gasteiger partial charge in [-0.3, -0.25) is 4.79 Å². The molecule has 0 aliphatic heterocycles. The Morgan fingerprint density at radius 3 is 2.54 bits per heavy atom. The second kappa shape index (κ2) is 9.52. The fourth-order valence-electron chi connectivity index (χ4n) is 2.89. The van der Waals surface area contributed by atoms with Crippen molar-refractivity contribution in [2.75, 3.05) is 13.2 Å². The standard InChI is InChI=1S/C19H31NO4/c1-5-23-16-12-8-11-15(17(16)24-6-2)10-7-9-14(3)13-19(4,20)18(21)22/h8,11-12,14H,5-7,9-10,13,20H2,1-4H3,(H,21,22). The molecule has 136 valence electrons. The lowest BCUT2D eigenvalue weighted by Gasteiger charge is -2.23. The van der Waals surface area contributed by atoms with Crippen LogP contribution in [-0.4, -0.2) is 29.8 Å². The first-order chi connectivity index (χ1) is 11.3. The summed E-state index contributed by atoms with van der Waals surface area (Å²) in [6.07, 6.45) is 3.21. The van der Waals surface area contributed by atoms with Crippen LogP contribution in [0.2, 0.25) is 0 Å². The zero-order valence-corrected chi connectivity index (χ0v) is 15.3. The van der Waals surface area contributed by atoms with Crippen molar-refractivity contribution in [1.82, 2.24) is 0 Å². The van der Waals surface area contributed by atoms with Gasteiger partial charge in [0.15, 0.2) is 11.5 Å². The molecule has 0 spiro atoms. The average Bonchev–Trinajstić information content (AvgIpc) is 2.50. The number of hydrogen-bond donors (Lipinski definition) is 2. The van der Waals surface area contributed by atoms with Crippen molar-refractivity contribution in [3.8, 4) is 11.5 Å². The van der Waals surface area contributed by atoms with Crippen molar-refractivity contribution in [3.05, 3.63) is 23.8 Å². The van der Waals surface area contributed by atoms with Gasteiger partial charge in [-0.05, 0) is 57.6 Å². The molecule has 0 aliphatic carbocycles. The lowest BCUT2D eigenvalue weighted by molar-refractivity contribution is -0.143. The van der Waals surface area contributed by atoms with Gasteiger partial charge in [0.05, 0.1) is 13.2 Å². The molecule has 0 saturated heterocycles. The first kappa shape index (κ1) is 20.3. The van der Waals surface area contributed by atoms with Gasteiger partial charge in [-0.15, -0.1) is 0 Å². The van der Waals surface area contributed by atoms with Gasteiger partial charge in [0, 0.05) is 0 Å². The monoisotopic (exact) mass is 337 g/mol. The van der Waals surface area contributed by atoms with Crippen LogP contribution in [0.15, 0.2) is 18.2 Å². The summed E-state index contributed by atoms with van der Waals surface area (Å²) in [6, 6.07) is 5.96. The van der Waals surface area contributed by atoms with Gasteiger partial charge < -0.3 is 20.3 Å². The number of carboxylic acid groups (broad SMARTS) is 1. The first-order valence-corrected chi connectivity index (χ1v) is 8.71. The molecule has 1 rings (SSSR count). The zero-order valence-electron chi connectivity index (χ0n) is 15.3. The molecule has 0 radical (unpaired) electrons. The molecular weight excluding hydrogens is 306 g/mol. The van der Waals surface area contributed by atoms with Crippen LogP contribution in [0.25, 0.3) is 0 Å². The third kappa shape index (κ3) is 6.04. The highest BCUT2D eigenvalue weighted by Crippen LogP contribution is 2.33. The largest absolute Gasteiger partial charge is 0.490 e. The third-order valence-electron chi connectivity index (χ3n) is 4.05. The summed E-state index contributed by atoms with van der Waals surface area (Å²) in [6.45, 7) is 8.74. The minimum Gasteiger partial charge on any atom is -0.490 e. The number of aryl methyl sites for hydroxylation is 1. The summed E-state index contributed by atoms with van der Waals surface area (Å²) in [7, 11) is 0. The van der Waals surface area contributed by atoms with Gasteiger partial charge in [-0.25, -0.2) is 0 Å². The fraction of sp³-hybridized carbons (Fsp3) is 0.632. The van der Waals surface area contributed by atoms with Crippen LogP contribution in [0.4, 0.5) is 0 Å². The van der Waals surface area contributed by atoms with E-state index in [-0.39, 0.29) is 5.92 Å². The Kier molecular flexibility index (Phi) is 8.05. The van der Waals surface area contributed by atoms with Crippen molar-refractivity contribution in [2.45, 2.75) is 58.9 Å². The van der Waals surface area contributed by atoms with Crippen molar-refractivity contribution in [2.24, 2.45) is 11.7 Å². The predicted molar refractivity (Wildman–Crippen MR) is 95.7 cm³/mol. The Morgan fingerprint density at radius 2 is 1.96 bits per heavy atom. The summed E-state index contributed by atoms with van der Waals surface area (Å²) < 4.78 is 11.4. The quantitative estimate of drug-likeness (QED) is 0.644. The van der Waals surface area contributed by atoms with E-state index in [1.165, 1.54) is 0 Å². The molecule has 0 fully saturated rings. The lowest BCUT2D eigenvalue weighted by atomic mass is 9.87. The molecule has 2 unspecified atom stereocenters. The number of ether oxygens (including phenoxy) is 2. The van der Waals surface area contributed by atoms with E-state index in [4.69, 9.17) is 20.3 Å². The molecule has 0 amide bonds. The number of carboxylic acids is 1. The highest BCUT2D eigenvalue weighted by Gasteiger charge is 2.29. The Hall–Kier alpha value is -1.75. The number of aliphatic carboxylic acids is 1. The van der Waals surface area contributed by atoms with E-state index >= 15 is 0 Å². The van der Waals surface area contributed by atoms with Gasteiger partial charge >= 0.3 is 5.97 Å². The Balaban J connectivity index is 2.64. The van der Waals surface area contributed by atoms with Crippen molar-refractivity contribution >= 4 is 5.97 Å². The molecule has 2 atom stereocenters. The van der Waals surface area contributed by atoms with Crippen LogP contribution in [-0.2, 0) is 11.2 Å². The molecule has 24 heavy (non-hydrogen) atoms. The maximum absolute atomic E-state index is 11.1. The smallest absolute Gasteiger partial charge is 0.323 e. The fourth-order valence-corrected chi connectivity index (χ4v) is 2.89. The summed E-state index contributed by atoms with van der Waals surface area (Å²) in [5.74, 6) is 0.910. The number of carbonyl (C=O) groups is 1. The molecule has 5 heteroatoms. The second-order valence-electron chi connectivity index (χ2n) is 6.53. The second-order valence-corrected chi connectivity index (χ2v) is 6.53. The topological polar surface area (TPSA) is 81.8 Å². The molecule has 1 aromatic carbocycles. The summed E-state index contributed by atoms with van der Waals surface area (Å²) in [4.78, 5) is 11.1. The summed E-state index contributed by atoms with van der Waals surface area (Å²) in [5.41, 5.74) is 5.79. The molecule has 3 N–H and O–H groups in total. The van der Waals surface area contributed by atoms with Crippen LogP contribution in [0, 0.1) is 5.92 Å². The van der Waals surface area contributed by atoms with Gasteiger partial charge in [0.1, 0.15) is 5.54 Å². The number of hydrogen-bond acceptors (Lipinski definition) is 4. The van der Waals surface area contributed by atoms with Gasteiger partial charge in [-0.2, -0.15) is 0 Å². The number of rotatable bonds is 11. The van der Waals surface area contributed by atoms with Crippen LogP contribution < -0.4 is 15.2 Å². The molecule has 0 heterocycles. The number of para-hydroxylation sites is 1.